The number of amides is 2. The minimum absolute atomic E-state index is 0.0108. The second-order valence-corrected chi connectivity index (χ2v) is 6.41. The van der Waals surface area contributed by atoms with Gasteiger partial charge in [-0.25, -0.2) is 9.18 Å². The molecule has 1 saturated carbocycles. The number of carbonyl (C=O) groups excluding carboxylic acids is 1. The Balaban J connectivity index is 1.61. The Kier molecular flexibility index (Phi) is 5.04. The zero-order chi connectivity index (χ0) is 17.1. The Labute approximate surface area is 141 Å². The lowest BCUT2D eigenvalue weighted by atomic mass is 10.1. The highest BCUT2D eigenvalue weighted by Gasteiger charge is 2.41. The van der Waals surface area contributed by atoms with Crippen molar-refractivity contribution in [2.45, 2.75) is 19.3 Å². The molecule has 2 aromatic rings. The average molecular weight is 332 g/mol. The minimum Gasteiger partial charge on any atom is -0.361 e. The van der Waals surface area contributed by atoms with Crippen LogP contribution >= 0.6 is 0 Å². The molecule has 2 atom stereocenters. The first-order valence-corrected chi connectivity index (χ1v) is 8.58. The highest BCUT2D eigenvalue weighted by molar-refractivity contribution is 5.84. The lowest BCUT2D eigenvalue weighted by Crippen LogP contribution is -2.43. The molecule has 1 fully saturated rings. The van der Waals surface area contributed by atoms with Crippen LogP contribution in [0.1, 0.15) is 24.8 Å². The number of rotatable bonds is 7. The van der Waals surface area contributed by atoms with E-state index in [0.29, 0.717) is 24.9 Å². The summed E-state index contributed by atoms with van der Waals surface area (Å²) in [4.78, 5) is 17.3. The molecular weight excluding hydrogens is 307 g/mol. The molecule has 5 nitrogen and oxygen atoms in total. The molecule has 1 heterocycles. The Morgan fingerprint density at radius 2 is 2.25 bits per heavy atom. The monoisotopic (exact) mass is 332 g/mol. The van der Waals surface area contributed by atoms with Crippen molar-refractivity contribution in [3.8, 4) is 0 Å². The van der Waals surface area contributed by atoms with E-state index < -0.39 is 0 Å². The lowest BCUT2D eigenvalue weighted by molar-refractivity contribution is 0.198. The van der Waals surface area contributed by atoms with E-state index in [1.165, 1.54) is 11.6 Å². The van der Waals surface area contributed by atoms with Gasteiger partial charge < -0.3 is 20.5 Å². The number of nitrogens with one attached hydrogen (secondary N) is 3. The molecule has 0 aliphatic heterocycles. The van der Waals surface area contributed by atoms with Gasteiger partial charge in [0.2, 0.25) is 0 Å². The van der Waals surface area contributed by atoms with Gasteiger partial charge in [0.15, 0.2) is 0 Å². The Bertz CT molecular complexity index is 714. The van der Waals surface area contributed by atoms with Gasteiger partial charge >= 0.3 is 6.03 Å². The van der Waals surface area contributed by atoms with Gasteiger partial charge in [-0.1, -0.05) is 0 Å². The quantitative estimate of drug-likeness (QED) is 0.683. The fraction of sp³-hybridized carbons (Fsp3) is 0.500. The van der Waals surface area contributed by atoms with Gasteiger partial charge in [0.1, 0.15) is 5.82 Å². The standard InChI is InChI=1S/C18H25FN4O/c1-3-23(18(24)21-7-6-20-2)11-12-8-14(12)16-10-22-17-5-4-13(19)9-15(16)17/h4-5,9-10,12,14,20,22H,3,6-8,11H2,1-2H3,(H,21,24)/t12-,14+/m0/s1. The molecule has 1 aliphatic rings. The van der Waals surface area contributed by atoms with E-state index in [-0.39, 0.29) is 11.8 Å². The van der Waals surface area contributed by atoms with Crippen molar-refractivity contribution in [2.24, 2.45) is 5.92 Å². The number of benzene rings is 1. The predicted molar refractivity (Wildman–Crippen MR) is 93.7 cm³/mol. The Morgan fingerprint density at radius 1 is 1.42 bits per heavy atom. The van der Waals surface area contributed by atoms with E-state index in [4.69, 9.17) is 0 Å². The van der Waals surface area contributed by atoms with E-state index in [1.54, 1.807) is 12.1 Å². The van der Waals surface area contributed by atoms with Crippen molar-refractivity contribution in [1.29, 1.82) is 0 Å². The summed E-state index contributed by atoms with van der Waals surface area (Å²) in [6.07, 6.45) is 3.03. The predicted octanol–water partition coefficient (Wildman–Crippen LogP) is 2.66. The SMILES string of the molecule is CCN(C[C@@H]1C[C@H]1c1c[nH]c2ccc(F)cc12)C(=O)NCCNC. The first-order valence-electron chi connectivity index (χ1n) is 8.58. The van der Waals surface area contributed by atoms with Gasteiger partial charge in [0.05, 0.1) is 0 Å². The number of urea groups is 1. The maximum absolute atomic E-state index is 13.5. The number of likely N-dealkylation sites (N-methyl/N-ethyl adjacent to an activating group) is 1. The smallest absolute Gasteiger partial charge is 0.317 e. The number of halogens is 1. The van der Waals surface area contributed by atoms with Crippen LogP contribution in [0.25, 0.3) is 10.9 Å². The number of aromatic nitrogens is 1. The average Bonchev–Trinajstić information content (AvgIpc) is 3.22. The molecule has 3 rings (SSSR count). The number of hydrogen-bond donors (Lipinski definition) is 3. The molecule has 0 unspecified atom stereocenters. The van der Waals surface area contributed by atoms with Crippen LogP contribution in [-0.2, 0) is 0 Å². The van der Waals surface area contributed by atoms with E-state index in [1.807, 2.05) is 25.1 Å². The molecule has 1 aliphatic carbocycles. The highest BCUT2D eigenvalue weighted by Crippen LogP contribution is 2.49. The molecule has 130 valence electrons. The molecule has 1 aromatic carbocycles. The molecule has 0 spiro atoms. The molecule has 2 amide bonds. The largest absolute Gasteiger partial charge is 0.361 e. The van der Waals surface area contributed by atoms with Crippen LogP contribution in [0.15, 0.2) is 24.4 Å². The zero-order valence-electron chi connectivity index (χ0n) is 14.2. The Hall–Kier alpha value is -2.08. The maximum Gasteiger partial charge on any atom is 0.317 e. The number of carbonyl (C=O) groups is 1. The third-order valence-corrected chi connectivity index (χ3v) is 4.77. The summed E-state index contributed by atoms with van der Waals surface area (Å²) in [5, 5.41) is 6.90. The summed E-state index contributed by atoms with van der Waals surface area (Å²) in [7, 11) is 1.86. The van der Waals surface area contributed by atoms with Gasteiger partial charge in [-0.2, -0.15) is 0 Å². The number of fused-ring (bicyclic) bond motifs is 1. The van der Waals surface area contributed by atoms with E-state index in [0.717, 1.165) is 30.4 Å². The van der Waals surface area contributed by atoms with Crippen LogP contribution in [0.2, 0.25) is 0 Å². The summed E-state index contributed by atoms with van der Waals surface area (Å²) in [5.41, 5.74) is 2.13. The summed E-state index contributed by atoms with van der Waals surface area (Å²) >= 11 is 0. The zero-order valence-corrected chi connectivity index (χ0v) is 14.2. The van der Waals surface area contributed by atoms with Crippen molar-refractivity contribution in [1.82, 2.24) is 20.5 Å². The Morgan fingerprint density at radius 3 is 3.00 bits per heavy atom. The van der Waals surface area contributed by atoms with Gasteiger partial charge in [-0.3, -0.25) is 0 Å². The summed E-state index contributed by atoms with van der Waals surface area (Å²) in [6, 6.07) is 4.84. The van der Waals surface area contributed by atoms with E-state index in [9.17, 15) is 9.18 Å². The van der Waals surface area contributed by atoms with Crippen LogP contribution in [-0.4, -0.2) is 49.1 Å². The highest BCUT2D eigenvalue weighted by atomic mass is 19.1. The molecule has 0 bridgehead atoms. The molecular formula is C18H25FN4O. The van der Waals surface area contributed by atoms with Crippen LogP contribution in [0.4, 0.5) is 9.18 Å². The number of hydrogen-bond acceptors (Lipinski definition) is 2. The van der Waals surface area contributed by atoms with Gasteiger partial charge in [-0.15, -0.1) is 0 Å². The van der Waals surface area contributed by atoms with Crippen molar-refractivity contribution >= 4 is 16.9 Å². The molecule has 6 heteroatoms. The summed E-state index contributed by atoms with van der Waals surface area (Å²) < 4.78 is 13.5. The van der Waals surface area contributed by atoms with E-state index >= 15 is 0 Å². The molecule has 24 heavy (non-hydrogen) atoms. The first-order chi connectivity index (χ1) is 11.6. The third-order valence-electron chi connectivity index (χ3n) is 4.77. The second-order valence-electron chi connectivity index (χ2n) is 6.41. The molecule has 1 aromatic heterocycles. The first kappa shape index (κ1) is 16.8. The molecule has 3 N–H and O–H groups in total. The van der Waals surface area contributed by atoms with Gasteiger partial charge in [0.25, 0.3) is 0 Å². The minimum atomic E-state index is -0.209. The van der Waals surface area contributed by atoms with Crippen LogP contribution < -0.4 is 10.6 Å². The fourth-order valence-electron chi connectivity index (χ4n) is 3.30. The van der Waals surface area contributed by atoms with Crippen LogP contribution in [0.5, 0.6) is 0 Å². The van der Waals surface area contributed by atoms with Crippen LogP contribution in [0.3, 0.4) is 0 Å². The summed E-state index contributed by atoms with van der Waals surface area (Å²) in [5.74, 6) is 0.640. The number of aromatic amines is 1. The topological polar surface area (TPSA) is 60.2 Å². The van der Waals surface area contributed by atoms with Crippen LogP contribution in [0, 0.1) is 11.7 Å². The molecule has 0 radical (unpaired) electrons. The molecule has 0 saturated heterocycles. The number of H-pyrrole nitrogens is 1. The van der Waals surface area contributed by atoms with Crippen molar-refractivity contribution in [2.75, 3.05) is 33.2 Å². The maximum atomic E-state index is 13.5. The van der Waals surface area contributed by atoms with Crippen molar-refractivity contribution in [3.63, 3.8) is 0 Å². The van der Waals surface area contributed by atoms with E-state index in [2.05, 4.69) is 15.6 Å². The van der Waals surface area contributed by atoms with Gasteiger partial charge in [-0.05, 0) is 56.0 Å². The van der Waals surface area contributed by atoms with Crippen molar-refractivity contribution in [3.05, 3.63) is 35.8 Å². The normalized spacial score (nSPS) is 19.5. The fourth-order valence-corrected chi connectivity index (χ4v) is 3.30. The van der Waals surface area contributed by atoms with Gasteiger partial charge in [0, 0.05) is 43.3 Å². The lowest BCUT2D eigenvalue weighted by Gasteiger charge is -2.21. The number of nitrogens with zero attached hydrogens (tertiary/aromatic N) is 1. The summed E-state index contributed by atoms with van der Waals surface area (Å²) in [6.45, 7) is 4.82. The second kappa shape index (κ2) is 7.21. The van der Waals surface area contributed by atoms with Crippen molar-refractivity contribution < 1.29 is 9.18 Å². The third kappa shape index (κ3) is 3.53.